The van der Waals surface area contributed by atoms with Gasteiger partial charge in [-0.1, -0.05) is 0 Å². The number of hydrogen-bond acceptors (Lipinski definition) is 7. The van der Waals surface area contributed by atoms with Gasteiger partial charge in [0.15, 0.2) is 11.5 Å². The van der Waals surface area contributed by atoms with Crippen LogP contribution in [0.15, 0.2) is 24.3 Å². The van der Waals surface area contributed by atoms with E-state index in [-0.39, 0.29) is 5.69 Å². The number of nitrogens with zero attached hydrogens (tertiary/aromatic N) is 3. The van der Waals surface area contributed by atoms with E-state index in [1.54, 1.807) is 27.0 Å². The molecule has 1 N–H and O–H groups in total. The van der Waals surface area contributed by atoms with E-state index in [1.807, 2.05) is 13.8 Å². The Labute approximate surface area is 189 Å². The molecule has 0 aliphatic carbocycles. The van der Waals surface area contributed by atoms with E-state index in [0.717, 1.165) is 11.6 Å². The van der Waals surface area contributed by atoms with Crippen LogP contribution in [0.1, 0.15) is 55.8 Å². The number of nitro groups is 1. The molecule has 0 saturated heterocycles. The fraction of sp³-hybridized carbons (Fsp3) is 0.391. The Kier molecular flexibility index (Phi) is 5.55. The summed E-state index contributed by atoms with van der Waals surface area (Å²) in [6.07, 6.45) is -2.20. The lowest BCUT2D eigenvalue weighted by molar-refractivity contribution is -0.385. The predicted molar refractivity (Wildman–Crippen MR) is 119 cm³/mol. The standard InChI is InChI=1S/C23H24F2N4O4/c1-11(13-6-14(21(24)25)8-15(7-13)29(30)31)26-22-16-9-18(32-5)20-17(10-23(3,4)33-20)19(16)27-12(2)28-22/h6-9,11,21H,10H2,1-5H3,(H,26,27,28). The smallest absolute Gasteiger partial charge is 0.270 e. The van der Waals surface area contributed by atoms with Crippen molar-refractivity contribution < 1.29 is 23.2 Å². The Balaban J connectivity index is 1.81. The number of rotatable bonds is 6. The number of nitrogens with one attached hydrogen (secondary N) is 1. The van der Waals surface area contributed by atoms with Gasteiger partial charge in [-0.15, -0.1) is 0 Å². The van der Waals surface area contributed by atoms with Gasteiger partial charge in [0.1, 0.15) is 17.2 Å². The number of alkyl halides is 2. The summed E-state index contributed by atoms with van der Waals surface area (Å²) < 4.78 is 38.3. The molecule has 33 heavy (non-hydrogen) atoms. The van der Waals surface area contributed by atoms with Gasteiger partial charge in [-0.05, 0) is 45.4 Å². The minimum atomic E-state index is -2.83. The topological polar surface area (TPSA) is 99.4 Å². The van der Waals surface area contributed by atoms with Gasteiger partial charge in [0.05, 0.1) is 23.6 Å². The van der Waals surface area contributed by atoms with Crippen LogP contribution >= 0.6 is 0 Å². The summed E-state index contributed by atoms with van der Waals surface area (Å²) in [6.45, 7) is 7.45. The first-order valence-electron chi connectivity index (χ1n) is 10.4. The van der Waals surface area contributed by atoms with E-state index in [0.29, 0.717) is 46.0 Å². The van der Waals surface area contributed by atoms with Gasteiger partial charge in [0.2, 0.25) is 0 Å². The number of nitro benzene ring substituents is 1. The van der Waals surface area contributed by atoms with Crippen LogP contribution in [-0.4, -0.2) is 27.6 Å². The van der Waals surface area contributed by atoms with E-state index >= 15 is 0 Å². The minimum absolute atomic E-state index is 0.349. The third-order valence-corrected chi connectivity index (χ3v) is 5.60. The van der Waals surface area contributed by atoms with Crippen LogP contribution in [0.2, 0.25) is 0 Å². The molecule has 1 aromatic heterocycles. The van der Waals surface area contributed by atoms with E-state index in [2.05, 4.69) is 15.3 Å². The van der Waals surface area contributed by atoms with Crippen molar-refractivity contribution in [2.24, 2.45) is 0 Å². The molecule has 1 unspecified atom stereocenters. The molecular weight excluding hydrogens is 434 g/mol. The first-order valence-corrected chi connectivity index (χ1v) is 10.4. The first-order chi connectivity index (χ1) is 15.5. The van der Waals surface area contributed by atoms with Crippen LogP contribution < -0.4 is 14.8 Å². The van der Waals surface area contributed by atoms with Crippen molar-refractivity contribution in [3.63, 3.8) is 0 Å². The molecule has 1 aliphatic rings. The molecule has 174 valence electrons. The second-order valence-corrected chi connectivity index (χ2v) is 8.72. The maximum absolute atomic E-state index is 13.3. The zero-order valence-electron chi connectivity index (χ0n) is 18.9. The summed E-state index contributed by atoms with van der Waals surface area (Å²) in [6, 6.07) is 4.67. The van der Waals surface area contributed by atoms with Crippen molar-refractivity contribution in [3.8, 4) is 11.5 Å². The molecule has 10 heteroatoms. The Morgan fingerprint density at radius 2 is 1.91 bits per heavy atom. The largest absolute Gasteiger partial charge is 0.493 e. The number of non-ortho nitro benzene ring substituents is 1. The highest BCUT2D eigenvalue weighted by atomic mass is 19.3. The summed E-state index contributed by atoms with van der Waals surface area (Å²) in [5, 5.41) is 15.2. The number of hydrogen-bond donors (Lipinski definition) is 1. The number of halogens is 2. The molecule has 3 aromatic rings. The van der Waals surface area contributed by atoms with Gasteiger partial charge in [-0.25, -0.2) is 18.7 Å². The van der Waals surface area contributed by atoms with Crippen molar-refractivity contribution in [1.82, 2.24) is 9.97 Å². The summed E-state index contributed by atoms with van der Waals surface area (Å²) in [5.41, 5.74) is 0.755. The summed E-state index contributed by atoms with van der Waals surface area (Å²) in [4.78, 5) is 19.7. The van der Waals surface area contributed by atoms with Crippen LogP contribution in [0.3, 0.4) is 0 Å². The van der Waals surface area contributed by atoms with Crippen LogP contribution in [0.25, 0.3) is 10.9 Å². The average Bonchev–Trinajstić information content (AvgIpc) is 3.08. The van der Waals surface area contributed by atoms with Gasteiger partial charge in [-0.2, -0.15) is 0 Å². The summed E-state index contributed by atoms with van der Waals surface area (Å²) in [5.74, 6) is 2.18. The number of benzene rings is 2. The molecule has 1 aliphatic heterocycles. The number of ether oxygens (including phenoxy) is 2. The highest BCUT2D eigenvalue weighted by molar-refractivity contribution is 5.95. The fourth-order valence-corrected chi connectivity index (χ4v) is 4.11. The molecule has 4 rings (SSSR count). The molecule has 0 amide bonds. The molecule has 1 atom stereocenters. The lowest BCUT2D eigenvalue weighted by Crippen LogP contribution is -2.24. The second kappa shape index (κ2) is 8.09. The molecule has 0 radical (unpaired) electrons. The van der Waals surface area contributed by atoms with E-state index < -0.39 is 28.6 Å². The molecule has 2 heterocycles. The summed E-state index contributed by atoms with van der Waals surface area (Å²) >= 11 is 0. The minimum Gasteiger partial charge on any atom is -0.493 e. The monoisotopic (exact) mass is 458 g/mol. The molecule has 0 bridgehead atoms. The van der Waals surface area contributed by atoms with Crippen molar-refractivity contribution in [1.29, 1.82) is 0 Å². The Bertz CT molecular complexity index is 1260. The Morgan fingerprint density at radius 3 is 2.55 bits per heavy atom. The maximum atomic E-state index is 13.3. The van der Waals surface area contributed by atoms with Crippen molar-refractivity contribution >= 4 is 22.4 Å². The van der Waals surface area contributed by atoms with Crippen molar-refractivity contribution in [3.05, 3.63) is 56.9 Å². The van der Waals surface area contributed by atoms with Crippen LogP contribution in [0, 0.1) is 17.0 Å². The van der Waals surface area contributed by atoms with E-state index in [4.69, 9.17) is 9.47 Å². The number of fused-ring (bicyclic) bond motifs is 3. The average molecular weight is 458 g/mol. The SMILES string of the molecule is COc1cc2c(NC(C)c3cc(C(F)F)cc([N+](=O)[O-])c3)nc(C)nc2c2c1OC(C)(C)C2. The highest BCUT2D eigenvalue weighted by Crippen LogP contribution is 2.46. The fourth-order valence-electron chi connectivity index (χ4n) is 4.11. The van der Waals surface area contributed by atoms with E-state index in [9.17, 15) is 18.9 Å². The number of aromatic nitrogens is 2. The Morgan fingerprint density at radius 1 is 1.21 bits per heavy atom. The highest BCUT2D eigenvalue weighted by Gasteiger charge is 2.35. The third kappa shape index (κ3) is 4.24. The molecule has 0 spiro atoms. The van der Waals surface area contributed by atoms with Crippen molar-refractivity contribution in [2.75, 3.05) is 12.4 Å². The number of aryl methyl sites for hydroxylation is 1. The van der Waals surface area contributed by atoms with Gasteiger partial charge < -0.3 is 14.8 Å². The summed E-state index contributed by atoms with van der Waals surface area (Å²) in [7, 11) is 1.55. The lowest BCUT2D eigenvalue weighted by atomic mass is 9.98. The second-order valence-electron chi connectivity index (χ2n) is 8.72. The molecule has 2 aromatic carbocycles. The van der Waals surface area contributed by atoms with Crippen LogP contribution in [0.5, 0.6) is 11.5 Å². The van der Waals surface area contributed by atoms with Gasteiger partial charge in [0, 0.05) is 35.1 Å². The normalized spacial score (nSPS) is 15.3. The third-order valence-electron chi connectivity index (χ3n) is 5.60. The number of methoxy groups -OCH3 is 1. The number of anilines is 1. The Hall–Kier alpha value is -3.56. The zero-order chi connectivity index (χ0) is 24.1. The van der Waals surface area contributed by atoms with Gasteiger partial charge in [0.25, 0.3) is 12.1 Å². The zero-order valence-corrected chi connectivity index (χ0v) is 18.9. The first kappa shape index (κ1) is 22.6. The molecule has 8 nitrogen and oxygen atoms in total. The maximum Gasteiger partial charge on any atom is 0.270 e. The predicted octanol–water partition coefficient (Wildman–Crippen LogP) is 5.68. The quantitative estimate of drug-likeness (QED) is 0.375. The molecular formula is C23H24F2N4O4. The van der Waals surface area contributed by atoms with Crippen LogP contribution in [-0.2, 0) is 6.42 Å². The molecule has 0 fully saturated rings. The van der Waals surface area contributed by atoms with Gasteiger partial charge in [-0.3, -0.25) is 10.1 Å². The van der Waals surface area contributed by atoms with E-state index in [1.165, 1.54) is 12.1 Å². The molecule has 0 saturated carbocycles. The van der Waals surface area contributed by atoms with Gasteiger partial charge >= 0.3 is 0 Å². The lowest BCUT2D eigenvalue weighted by Gasteiger charge is -2.19. The van der Waals surface area contributed by atoms with Crippen LogP contribution in [0.4, 0.5) is 20.3 Å². The van der Waals surface area contributed by atoms with Crippen molar-refractivity contribution in [2.45, 2.75) is 52.2 Å².